The molecule has 8 nitrogen and oxygen atoms in total. The van der Waals surface area contributed by atoms with Crippen LogP contribution in [0.15, 0.2) is 224 Å². The van der Waals surface area contributed by atoms with Crippen molar-refractivity contribution in [3.63, 3.8) is 0 Å². The summed E-state index contributed by atoms with van der Waals surface area (Å²) in [6.45, 7) is 0. The lowest BCUT2D eigenvalue weighted by molar-refractivity contribution is 0.668. The molecule has 17 aromatic rings. The van der Waals surface area contributed by atoms with E-state index in [4.69, 9.17) is 17.7 Å². The van der Waals surface area contributed by atoms with Gasteiger partial charge in [-0.25, -0.2) is 0 Å². The van der Waals surface area contributed by atoms with Crippen LogP contribution in [-0.4, -0.2) is 9.13 Å². The average Bonchev–Trinajstić information content (AvgIpc) is 4.51. The molecular weight excluding hydrogens is 937 g/mol. The van der Waals surface area contributed by atoms with Gasteiger partial charge >= 0.3 is 0 Å². The van der Waals surface area contributed by atoms with E-state index >= 15 is 0 Å². The SMILES string of the molecule is N#Cc1cc(-n2c3ccc(-c4ccc5c(c4)oc4ccccc45)cc3c3c4oc5ccccc5c4ccc32)c(C#N)c(-n2c3ccc(-c4ccc5c(c4)oc4ccccc45)cc3c3c4oc5ccccc5c4ccc32)c1. The fraction of sp³-hybridized carbons (Fsp3) is 0. The fourth-order valence-electron chi connectivity index (χ4n) is 12.4. The maximum Gasteiger partial charge on any atom is 0.145 e. The number of hydrogen-bond acceptors (Lipinski definition) is 6. The Hall–Kier alpha value is -10.8. The second-order valence-corrected chi connectivity index (χ2v) is 19.7. The van der Waals surface area contributed by atoms with Crippen molar-refractivity contribution in [3.8, 4) is 45.8 Å². The molecule has 0 atom stereocenters. The number of nitriles is 2. The molecule has 0 radical (unpaired) electrons. The van der Waals surface area contributed by atoms with Crippen molar-refractivity contribution in [2.24, 2.45) is 0 Å². The molecule has 0 N–H and O–H groups in total. The van der Waals surface area contributed by atoms with Crippen LogP contribution in [0.5, 0.6) is 0 Å². The van der Waals surface area contributed by atoms with Crippen LogP contribution < -0.4 is 0 Å². The molecule has 0 aliphatic rings. The van der Waals surface area contributed by atoms with Crippen molar-refractivity contribution in [2.45, 2.75) is 0 Å². The van der Waals surface area contributed by atoms with Crippen molar-refractivity contribution in [3.05, 3.63) is 217 Å². The van der Waals surface area contributed by atoms with Crippen molar-refractivity contribution >= 4 is 131 Å². The summed E-state index contributed by atoms with van der Waals surface area (Å²) in [6, 6.07) is 75.3. The molecule has 0 unspecified atom stereocenters. The number of benzene rings is 11. The molecule has 17 rings (SSSR count). The van der Waals surface area contributed by atoms with E-state index in [2.05, 4.69) is 143 Å². The molecule has 6 aromatic heterocycles. The molecule has 0 fully saturated rings. The first kappa shape index (κ1) is 40.8. The first-order chi connectivity index (χ1) is 37.6. The summed E-state index contributed by atoms with van der Waals surface area (Å²) in [4.78, 5) is 0. The van der Waals surface area contributed by atoms with Crippen LogP contribution in [0, 0.1) is 22.7 Å². The Morgan fingerprint density at radius 1 is 0.289 bits per heavy atom. The lowest BCUT2D eigenvalue weighted by Crippen LogP contribution is -2.05. The first-order valence-corrected chi connectivity index (χ1v) is 25.2. The van der Waals surface area contributed by atoms with Gasteiger partial charge in [-0.15, -0.1) is 0 Å². The third-order valence-corrected chi connectivity index (χ3v) is 15.8. The first-order valence-electron chi connectivity index (χ1n) is 25.2. The van der Waals surface area contributed by atoms with Gasteiger partial charge < -0.3 is 26.8 Å². The van der Waals surface area contributed by atoms with Crippen molar-refractivity contribution in [1.29, 1.82) is 10.5 Å². The predicted octanol–water partition coefficient (Wildman–Crippen LogP) is 18.6. The Balaban J connectivity index is 0.934. The van der Waals surface area contributed by atoms with E-state index < -0.39 is 0 Å². The van der Waals surface area contributed by atoms with E-state index in [1.165, 1.54) is 0 Å². The Bertz CT molecular complexity index is 5200. The molecule has 0 bridgehead atoms. The molecule has 0 aliphatic carbocycles. The van der Waals surface area contributed by atoms with Crippen LogP contribution in [0.2, 0.25) is 0 Å². The van der Waals surface area contributed by atoms with Gasteiger partial charge in [0.1, 0.15) is 56.3 Å². The molecular formula is C68H34N4O4. The zero-order chi connectivity index (χ0) is 49.9. The van der Waals surface area contributed by atoms with Gasteiger partial charge in [0.15, 0.2) is 0 Å². The molecule has 0 saturated carbocycles. The number of rotatable bonds is 4. The lowest BCUT2D eigenvalue weighted by atomic mass is 10.0. The zero-order valence-electron chi connectivity index (χ0n) is 40.1. The van der Waals surface area contributed by atoms with Gasteiger partial charge in [0.25, 0.3) is 0 Å². The topological polar surface area (TPSA) is 110 Å². The minimum Gasteiger partial charge on any atom is -0.456 e. The Morgan fingerprint density at radius 3 is 1.08 bits per heavy atom. The van der Waals surface area contributed by atoms with Crippen LogP contribution in [0.4, 0.5) is 0 Å². The number of furan rings is 4. The summed E-state index contributed by atoms with van der Waals surface area (Å²) in [6.07, 6.45) is 0. The van der Waals surface area contributed by atoms with Crippen LogP contribution in [0.25, 0.3) is 165 Å². The third kappa shape index (κ3) is 5.48. The summed E-state index contributed by atoms with van der Waals surface area (Å²) in [5.41, 5.74) is 15.7. The Kier molecular flexibility index (Phi) is 7.99. The largest absolute Gasteiger partial charge is 0.456 e. The quantitative estimate of drug-likeness (QED) is 0.174. The van der Waals surface area contributed by atoms with E-state index in [-0.39, 0.29) is 0 Å². The minimum absolute atomic E-state index is 0.393. The summed E-state index contributed by atoms with van der Waals surface area (Å²) in [5, 5.41) is 34.7. The summed E-state index contributed by atoms with van der Waals surface area (Å²) < 4.78 is 30.6. The minimum atomic E-state index is 0.393. The van der Waals surface area contributed by atoms with Gasteiger partial charge in [0.2, 0.25) is 0 Å². The van der Waals surface area contributed by atoms with Crippen molar-refractivity contribution < 1.29 is 17.7 Å². The highest BCUT2D eigenvalue weighted by Crippen LogP contribution is 2.47. The van der Waals surface area contributed by atoms with Gasteiger partial charge in [-0.3, -0.25) is 0 Å². The Labute approximate surface area is 429 Å². The van der Waals surface area contributed by atoms with Crippen LogP contribution in [0.1, 0.15) is 11.1 Å². The number of para-hydroxylation sites is 4. The highest BCUT2D eigenvalue weighted by atomic mass is 16.3. The smallest absolute Gasteiger partial charge is 0.145 e. The molecule has 0 aliphatic heterocycles. The third-order valence-electron chi connectivity index (χ3n) is 15.8. The molecule has 0 saturated heterocycles. The standard InChI is InChI=1S/C68H34N4O4/c69-35-37-29-57(71-53-25-19-38(40-17-21-46-42-9-1-5-13-59(42)73-63(46)33-40)31-50(53)65-55(71)27-23-48-44-11-3-7-15-61(44)75-67(48)65)52(36-70)58(30-37)72-54-26-20-39(41-18-22-47-43-10-2-6-14-60(43)74-64(47)34-41)32-51(54)66-56(72)28-24-49-45-12-4-8-16-62(45)76-68(49)66/h1-34H. The normalized spacial score (nSPS) is 12.2. The average molecular weight is 971 g/mol. The van der Waals surface area contributed by atoms with E-state index in [9.17, 15) is 10.5 Å². The molecule has 6 heterocycles. The lowest BCUT2D eigenvalue weighted by Gasteiger charge is -2.17. The monoisotopic (exact) mass is 970 g/mol. The van der Waals surface area contributed by atoms with Gasteiger partial charge in [-0.1, -0.05) is 97.1 Å². The van der Waals surface area contributed by atoms with E-state index in [1.54, 1.807) is 0 Å². The molecule has 11 aromatic carbocycles. The fourth-order valence-corrected chi connectivity index (χ4v) is 12.4. The molecule has 0 spiro atoms. The highest BCUT2D eigenvalue weighted by Gasteiger charge is 2.26. The van der Waals surface area contributed by atoms with Gasteiger partial charge in [-0.05, 0) is 131 Å². The highest BCUT2D eigenvalue weighted by molar-refractivity contribution is 6.26. The number of hydrogen-bond donors (Lipinski definition) is 0. The zero-order valence-corrected chi connectivity index (χ0v) is 40.1. The van der Waals surface area contributed by atoms with Crippen LogP contribution in [0.3, 0.4) is 0 Å². The van der Waals surface area contributed by atoms with Gasteiger partial charge in [-0.2, -0.15) is 10.5 Å². The number of nitrogens with zero attached hydrogens (tertiary/aromatic N) is 4. The maximum atomic E-state index is 11.7. The van der Waals surface area contributed by atoms with E-state index in [0.29, 0.717) is 22.5 Å². The van der Waals surface area contributed by atoms with Crippen molar-refractivity contribution in [2.75, 3.05) is 0 Å². The summed E-state index contributed by atoms with van der Waals surface area (Å²) >= 11 is 0. The predicted molar refractivity (Wildman–Crippen MR) is 305 cm³/mol. The van der Waals surface area contributed by atoms with Gasteiger partial charge in [0.05, 0.1) is 55.8 Å². The Morgan fingerprint density at radius 2 is 0.645 bits per heavy atom. The number of aromatic nitrogens is 2. The summed E-state index contributed by atoms with van der Waals surface area (Å²) in [5.74, 6) is 0. The second-order valence-electron chi connectivity index (χ2n) is 19.7. The summed E-state index contributed by atoms with van der Waals surface area (Å²) in [7, 11) is 0. The number of fused-ring (bicyclic) bond motifs is 20. The molecule has 0 amide bonds. The molecule has 350 valence electrons. The van der Waals surface area contributed by atoms with E-state index in [0.717, 1.165) is 154 Å². The second kappa shape index (κ2) is 14.9. The molecule has 76 heavy (non-hydrogen) atoms. The van der Waals surface area contributed by atoms with E-state index in [1.807, 2.05) is 84.9 Å². The molecule has 8 heteroatoms. The maximum absolute atomic E-state index is 11.7. The van der Waals surface area contributed by atoms with Gasteiger partial charge in [0, 0.05) is 53.9 Å². The van der Waals surface area contributed by atoms with Crippen LogP contribution in [-0.2, 0) is 0 Å². The van der Waals surface area contributed by atoms with Crippen LogP contribution >= 0.6 is 0 Å². The van der Waals surface area contributed by atoms with Crippen molar-refractivity contribution in [1.82, 2.24) is 9.13 Å².